The second kappa shape index (κ2) is 7.09. The second-order valence-corrected chi connectivity index (χ2v) is 8.22. The predicted octanol–water partition coefficient (Wildman–Crippen LogP) is 3.37. The molecule has 3 aromatic rings. The van der Waals surface area contributed by atoms with Crippen LogP contribution in [0.15, 0.2) is 38.9 Å². The summed E-state index contributed by atoms with van der Waals surface area (Å²) in [6.07, 6.45) is 0.939. The fraction of sp³-hybridized carbons (Fsp3) is 0.333. The normalized spacial score (nSPS) is 15.7. The Kier molecular flexibility index (Phi) is 4.81. The van der Waals surface area contributed by atoms with Crippen LogP contribution in [0.4, 0.5) is 10.3 Å². The van der Waals surface area contributed by atoms with Gasteiger partial charge in [-0.05, 0) is 36.4 Å². The minimum Gasteiger partial charge on any atom is -0.393 e. The number of piperidine rings is 1. The van der Waals surface area contributed by atoms with Crippen LogP contribution in [-0.4, -0.2) is 33.9 Å². The molecule has 1 aliphatic heterocycles. The summed E-state index contributed by atoms with van der Waals surface area (Å²) in [5.74, 6) is 0.174. The van der Waals surface area contributed by atoms with Crippen LogP contribution >= 0.6 is 27.3 Å². The number of aliphatic hydroxyl groups excluding tert-OH is 1. The van der Waals surface area contributed by atoms with Crippen LogP contribution in [0.25, 0.3) is 10.2 Å². The van der Waals surface area contributed by atoms with Gasteiger partial charge in [-0.25, -0.2) is 9.37 Å². The Bertz CT molecular complexity index is 1010. The van der Waals surface area contributed by atoms with E-state index in [1.807, 2.05) is 16.3 Å². The minimum absolute atomic E-state index is 0.118. The van der Waals surface area contributed by atoms with E-state index in [0.717, 1.165) is 0 Å². The fourth-order valence-electron chi connectivity index (χ4n) is 3.20. The molecule has 26 heavy (non-hydrogen) atoms. The van der Waals surface area contributed by atoms with Crippen LogP contribution < -0.4 is 10.5 Å². The molecule has 0 amide bonds. The molecular formula is C18H17BrFN3O2S. The van der Waals surface area contributed by atoms with Gasteiger partial charge in [0.1, 0.15) is 10.5 Å². The third-order valence-corrected chi connectivity index (χ3v) is 6.02. The van der Waals surface area contributed by atoms with E-state index in [2.05, 4.69) is 20.9 Å². The Hall–Kier alpha value is -1.77. The summed E-state index contributed by atoms with van der Waals surface area (Å²) < 4.78 is 17.1. The molecule has 0 atom stereocenters. The van der Waals surface area contributed by atoms with Gasteiger partial charge in [-0.15, -0.1) is 11.3 Å². The minimum atomic E-state index is -0.363. The van der Waals surface area contributed by atoms with Gasteiger partial charge in [-0.3, -0.25) is 9.36 Å². The van der Waals surface area contributed by atoms with E-state index in [4.69, 9.17) is 0 Å². The first kappa shape index (κ1) is 17.6. The van der Waals surface area contributed by atoms with Crippen molar-refractivity contribution < 1.29 is 9.50 Å². The first-order chi connectivity index (χ1) is 12.5. The highest BCUT2D eigenvalue weighted by atomic mass is 79.9. The molecule has 1 saturated heterocycles. The number of nitrogens with zero attached hydrogens (tertiary/aromatic N) is 3. The molecule has 0 saturated carbocycles. The molecule has 0 spiro atoms. The summed E-state index contributed by atoms with van der Waals surface area (Å²) in [5.41, 5.74) is 0.938. The number of hydrogen-bond donors (Lipinski definition) is 1. The zero-order chi connectivity index (χ0) is 18.3. The van der Waals surface area contributed by atoms with Gasteiger partial charge in [0.05, 0.1) is 18.2 Å². The topological polar surface area (TPSA) is 58.4 Å². The molecule has 1 N–H and O–H groups in total. The third kappa shape index (κ3) is 3.28. The molecule has 0 radical (unpaired) electrons. The van der Waals surface area contributed by atoms with Crippen LogP contribution in [0.5, 0.6) is 0 Å². The van der Waals surface area contributed by atoms with Crippen molar-refractivity contribution in [2.24, 2.45) is 0 Å². The lowest BCUT2D eigenvalue weighted by Gasteiger charge is -2.32. The third-order valence-electron chi connectivity index (χ3n) is 4.64. The van der Waals surface area contributed by atoms with Crippen LogP contribution in [-0.2, 0) is 6.54 Å². The van der Waals surface area contributed by atoms with Gasteiger partial charge >= 0.3 is 0 Å². The number of benzene rings is 1. The van der Waals surface area contributed by atoms with Crippen molar-refractivity contribution >= 4 is 43.4 Å². The highest BCUT2D eigenvalue weighted by molar-refractivity contribution is 9.10. The zero-order valence-corrected chi connectivity index (χ0v) is 16.3. The summed E-state index contributed by atoms with van der Waals surface area (Å²) in [7, 11) is 0. The standard InChI is InChI=1S/C18H17BrFN3O2S/c19-12-2-1-11(14(20)9-12)10-23-17(25)16-15(5-8-26-16)21-18(23)22-6-3-13(24)4-7-22/h1-2,5,8-9,13,24H,3-4,6-7,10H2. The van der Waals surface area contributed by atoms with Gasteiger partial charge < -0.3 is 10.0 Å². The molecule has 2 aromatic heterocycles. The van der Waals surface area contributed by atoms with E-state index >= 15 is 0 Å². The van der Waals surface area contributed by atoms with E-state index in [-0.39, 0.29) is 24.0 Å². The maximum atomic E-state index is 14.3. The van der Waals surface area contributed by atoms with E-state index in [9.17, 15) is 14.3 Å². The van der Waals surface area contributed by atoms with Crippen LogP contribution in [0, 0.1) is 5.82 Å². The first-order valence-electron chi connectivity index (χ1n) is 8.38. The van der Waals surface area contributed by atoms with Gasteiger partial charge in [0.15, 0.2) is 0 Å². The first-order valence-corrected chi connectivity index (χ1v) is 10.0. The number of thiophene rings is 1. The monoisotopic (exact) mass is 437 g/mol. The Morgan fingerprint density at radius 2 is 2.08 bits per heavy atom. The molecule has 0 aliphatic carbocycles. The molecule has 8 heteroatoms. The van der Waals surface area contributed by atoms with Crippen LogP contribution in [0.2, 0.25) is 0 Å². The van der Waals surface area contributed by atoms with Crippen molar-refractivity contribution in [1.82, 2.24) is 9.55 Å². The lowest BCUT2D eigenvalue weighted by atomic mass is 10.1. The molecule has 0 bridgehead atoms. The van der Waals surface area contributed by atoms with Gasteiger partial charge in [0.25, 0.3) is 5.56 Å². The summed E-state index contributed by atoms with van der Waals surface area (Å²) in [4.78, 5) is 19.7. The van der Waals surface area contributed by atoms with Crippen molar-refractivity contribution in [3.05, 3.63) is 55.9 Å². The molecular weight excluding hydrogens is 421 g/mol. The van der Waals surface area contributed by atoms with Gasteiger partial charge in [-0.1, -0.05) is 22.0 Å². The summed E-state index contributed by atoms with van der Waals surface area (Å²) in [6, 6.07) is 6.66. The Labute approximate surface area is 161 Å². The highest BCUT2D eigenvalue weighted by Gasteiger charge is 2.23. The Morgan fingerprint density at radius 3 is 2.81 bits per heavy atom. The number of fused-ring (bicyclic) bond motifs is 1. The van der Waals surface area contributed by atoms with Crippen molar-refractivity contribution in [2.75, 3.05) is 18.0 Å². The summed E-state index contributed by atoms with van der Waals surface area (Å²) in [5, 5.41) is 11.6. The number of anilines is 1. The molecule has 3 heterocycles. The van der Waals surface area contributed by atoms with Crippen molar-refractivity contribution in [3.8, 4) is 0 Å². The smallest absolute Gasteiger partial charge is 0.273 e. The number of aliphatic hydroxyl groups is 1. The van der Waals surface area contributed by atoms with Crippen LogP contribution in [0.3, 0.4) is 0 Å². The van der Waals surface area contributed by atoms with Gasteiger partial charge in [0.2, 0.25) is 5.95 Å². The molecule has 0 unspecified atom stereocenters. The van der Waals surface area contributed by atoms with E-state index in [1.165, 1.54) is 17.4 Å². The number of halogens is 2. The van der Waals surface area contributed by atoms with Gasteiger partial charge in [-0.2, -0.15) is 0 Å². The number of rotatable bonds is 3. The van der Waals surface area contributed by atoms with Crippen molar-refractivity contribution in [2.45, 2.75) is 25.5 Å². The maximum absolute atomic E-state index is 14.3. The lowest BCUT2D eigenvalue weighted by molar-refractivity contribution is 0.145. The van der Waals surface area contributed by atoms with E-state index in [1.54, 1.807) is 16.7 Å². The van der Waals surface area contributed by atoms with E-state index < -0.39 is 0 Å². The number of hydrogen-bond acceptors (Lipinski definition) is 5. The molecule has 1 aromatic carbocycles. The van der Waals surface area contributed by atoms with E-state index in [0.29, 0.717) is 52.1 Å². The Morgan fingerprint density at radius 1 is 1.31 bits per heavy atom. The average Bonchev–Trinajstić information content (AvgIpc) is 3.09. The highest BCUT2D eigenvalue weighted by Crippen LogP contribution is 2.24. The molecule has 136 valence electrons. The van der Waals surface area contributed by atoms with Crippen molar-refractivity contribution in [1.29, 1.82) is 0 Å². The predicted molar refractivity (Wildman–Crippen MR) is 105 cm³/mol. The maximum Gasteiger partial charge on any atom is 0.273 e. The molecule has 4 rings (SSSR count). The Balaban J connectivity index is 1.81. The zero-order valence-electron chi connectivity index (χ0n) is 13.9. The lowest BCUT2D eigenvalue weighted by Crippen LogP contribution is -2.40. The molecule has 5 nitrogen and oxygen atoms in total. The summed E-state index contributed by atoms with van der Waals surface area (Å²) >= 11 is 4.60. The summed E-state index contributed by atoms with van der Waals surface area (Å²) in [6.45, 7) is 1.35. The molecule has 1 aliphatic rings. The fourth-order valence-corrected chi connectivity index (χ4v) is 4.31. The average molecular weight is 438 g/mol. The molecule has 1 fully saturated rings. The van der Waals surface area contributed by atoms with Gasteiger partial charge in [0, 0.05) is 23.1 Å². The second-order valence-electron chi connectivity index (χ2n) is 6.39. The quantitative estimate of drug-likeness (QED) is 0.682. The van der Waals surface area contributed by atoms with Crippen LogP contribution in [0.1, 0.15) is 18.4 Å². The van der Waals surface area contributed by atoms with Crippen molar-refractivity contribution in [3.63, 3.8) is 0 Å². The SMILES string of the molecule is O=c1c2sccc2nc(N2CCC(O)CC2)n1Cc1ccc(Br)cc1F. The largest absolute Gasteiger partial charge is 0.393 e. The number of aromatic nitrogens is 2.